The summed E-state index contributed by atoms with van der Waals surface area (Å²) in [6.45, 7) is 2.17. The van der Waals surface area contributed by atoms with E-state index in [9.17, 15) is 0 Å². The van der Waals surface area contributed by atoms with Crippen LogP contribution in [0.5, 0.6) is 0 Å². The van der Waals surface area contributed by atoms with Gasteiger partial charge in [-0.3, -0.25) is 0 Å². The van der Waals surface area contributed by atoms with Crippen LogP contribution in [0.4, 0.5) is 0 Å². The zero-order chi connectivity index (χ0) is 11.5. The van der Waals surface area contributed by atoms with Crippen LogP contribution in [0, 0.1) is 0 Å². The molecule has 0 aliphatic carbocycles. The minimum absolute atomic E-state index is 0.564. The monoisotopic (exact) mass is 228 g/mol. The van der Waals surface area contributed by atoms with Gasteiger partial charge < -0.3 is 5.32 Å². The lowest BCUT2D eigenvalue weighted by molar-refractivity contribution is 0.453. The number of hydrogen-bond acceptors (Lipinski definition) is 3. The second-order valence-corrected chi connectivity index (χ2v) is 4.45. The highest BCUT2D eigenvalue weighted by molar-refractivity contribution is 5.30. The van der Waals surface area contributed by atoms with Gasteiger partial charge in [-0.05, 0) is 38.1 Å². The average molecular weight is 228 g/mol. The predicted molar refractivity (Wildman–Crippen MR) is 66.2 cm³/mol. The third kappa shape index (κ3) is 2.22. The Morgan fingerprint density at radius 2 is 1.88 bits per heavy atom. The van der Waals surface area contributed by atoms with Gasteiger partial charge in [-0.15, -0.1) is 5.10 Å². The fourth-order valence-corrected chi connectivity index (χ4v) is 2.29. The molecule has 1 aliphatic rings. The molecular formula is C13H16N4. The topological polar surface area (TPSA) is 42.7 Å². The summed E-state index contributed by atoms with van der Waals surface area (Å²) < 4.78 is 1.86. The molecule has 0 spiro atoms. The lowest BCUT2D eigenvalue weighted by Gasteiger charge is -2.19. The highest BCUT2D eigenvalue weighted by Gasteiger charge is 2.18. The van der Waals surface area contributed by atoms with E-state index in [0.717, 1.165) is 37.3 Å². The van der Waals surface area contributed by atoms with Gasteiger partial charge in [0.15, 0.2) is 0 Å². The van der Waals surface area contributed by atoms with Gasteiger partial charge in [0, 0.05) is 5.92 Å². The van der Waals surface area contributed by atoms with Crippen molar-refractivity contribution in [3.8, 4) is 5.69 Å². The first-order chi connectivity index (χ1) is 8.43. The second-order valence-electron chi connectivity index (χ2n) is 4.45. The number of para-hydroxylation sites is 1. The first-order valence-electron chi connectivity index (χ1n) is 6.12. The van der Waals surface area contributed by atoms with E-state index in [4.69, 9.17) is 0 Å². The first-order valence-corrected chi connectivity index (χ1v) is 6.12. The summed E-state index contributed by atoms with van der Waals surface area (Å²) in [5, 5.41) is 11.9. The van der Waals surface area contributed by atoms with E-state index in [2.05, 4.69) is 21.8 Å². The molecule has 4 nitrogen and oxygen atoms in total. The maximum atomic E-state index is 4.30. The van der Waals surface area contributed by atoms with Gasteiger partial charge in [0.1, 0.15) is 0 Å². The third-order valence-electron chi connectivity index (χ3n) is 3.29. The van der Waals surface area contributed by atoms with Gasteiger partial charge in [-0.1, -0.05) is 23.4 Å². The van der Waals surface area contributed by atoms with Gasteiger partial charge in [-0.25, -0.2) is 4.68 Å². The Labute approximate surface area is 101 Å². The molecule has 3 rings (SSSR count). The maximum absolute atomic E-state index is 4.30. The molecule has 2 aromatic rings. The maximum Gasteiger partial charge on any atom is 0.0863 e. The van der Waals surface area contributed by atoms with Crippen LogP contribution >= 0.6 is 0 Å². The summed E-state index contributed by atoms with van der Waals surface area (Å²) in [7, 11) is 0. The Balaban J connectivity index is 1.83. The minimum Gasteiger partial charge on any atom is -0.317 e. The van der Waals surface area contributed by atoms with Crippen molar-refractivity contribution in [2.45, 2.75) is 18.8 Å². The van der Waals surface area contributed by atoms with E-state index in [0.29, 0.717) is 5.92 Å². The van der Waals surface area contributed by atoms with Crippen LogP contribution in [0.2, 0.25) is 0 Å². The zero-order valence-electron chi connectivity index (χ0n) is 9.71. The SMILES string of the molecule is c1ccc(-n2cc(C3CCNCC3)nn2)cc1. The van der Waals surface area contributed by atoms with Crippen molar-refractivity contribution in [1.29, 1.82) is 0 Å². The van der Waals surface area contributed by atoms with Crippen molar-refractivity contribution in [2.24, 2.45) is 0 Å². The summed E-state index contributed by atoms with van der Waals surface area (Å²) >= 11 is 0. The molecule has 0 radical (unpaired) electrons. The molecular weight excluding hydrogens is 212 g/mol. The van der Waals surface area contributed by atoms with Crippen molar-refractivity contribution < 1.29 is 0 Å². The van der Waals surface area contributed by atoms with Crippen LogP contribution in [-0.4, -0.2) is 28.1 Å². The number of hydrogen-bond donors (Lipinski definition) is 1. The molecule has 1 aromatic carbocycles. The molecule has 4 heteroatoms. The van der Waals surface area contributed by atoms with Gasteiger partial charge in [0.2, 0.25) is 0 Å². The molecule has 1 aliphatic heterocycles. The second kappa shape index (κ2) is 4.67. The number of aromatic nitrogens is 3. The summed E-state index contributed by atoms with van der Waals surface area (Å²) in [4.78, 5) is 0. The van der Waals surface area contributed by atoms with E-state index in [1.165, 1.54) is 0 Å². The van der Waals surface area contributed by atoms with Crippen molar-refractivity contribution >= 4 is 0 Å². The van der Waals surface area contributed by atoms with Crippen molar-refractivity contribution in [1.82, 2.24) is 20.3 Å². The first kappa shape index (κ1) is 10.5. The molecule has 17 heavy (non-hydrogen) atoms. The van der Waals surface area contributed by atoms with Crippen LogP contribution in [0.25, 0.3) is 5.69 Å². The molecule has 0 atom stereocenters. The highest BCUT2D eigenvalue weighted by atomic mass is 15.4. The summed E-state index contributed by atoms with van der Waals surface area (Å²) in [5.74, 6) is 0.564. The van der Waals surface area contributed by atoms with E-state index < -0.39 is 0 Å². The van der Waals surface area contributed by atoms with Gasteiger partial charge in [0.05, 0.1) is 17.6 Å². The number of rotatable bonds is 2. The lowest BCUT2D eigenvalue weighted by Crippen LogP contribution is -2.26. The average Bonchev–Trinajstić information content (AvgIpc) is 2.90. The molecule has 88 valence electrons. The van der Waals surface area contributed by atoms with E-state index in [1.54, 1.807) is 0 Å². The summed E-state index contributed by atoms with van der Waals surface area (Å²) in [5.41, 5.74) is 2.19. The normalized spacial score (nSPS) is 17.2. The predicted octanol–water partition coefficient (Wildman–Crippen LogP) is 1.73. The van der Waals surface area contributed by atoms with Crippen LogP contribution in [0.3, 0.4) is 0 Å². The van der Waals surface area contributed by atoms with Crippen LogP contribution in [0.1, 0.15) is 24.5 Å². The molecule has 0 amide bonds. The number of benzene rings is 1. The fourth-order valence-electron chi connectivity index (χ4n) is 2.29. The molecule has 0 bridgehead atoms. The van der Waals surface area contributed by atoms with Crippen LogP contribution in [-0.2, 0) is 0 Å². The largest absolute Gasteiger partial charge is 0.317 e. The van der Waals surface area contributed by atoms with E-state index in [1.807, 2.05) is 35.0 Å². The molecule has 1 N–H and O–H groups in total. The molecule has 0 saturated carbocycles. The molecule has 1 fully saturated rings. The Kier molecular flexibility index (Phi) is 2.88. The molecule has 0 unspecified atom stereocenters. The van der Waals surface area contributed by atoms with Gasteiger partial charge >= 0.3 is 0 Å². The molecule has 1 aromatic heterocycles. The Morgan fingerprint density at radius 1 is 1.12 bits per heavy atom. The smallest absolute Gasteiger partial charge is 0.0863 e. The fraction of sp³-hybridized carbons (Fsp3) is 0.385. The zero-order valence-corrected chi connectivity index (χ0v) is 9.71. The Morgan fingerprint density at radius 3 is 2.65 bits per heavy atom. The quantitative estimate of drug-likeness (QED) is 0.851. The van der Waals surface area contributed by atoms with E-state index in [-0.39, 0.29) is 0 Å². The minimum atomic E-state index is 0.564. The Bertz CT molecular complexity index is 471. The summed E-state index contributed by atoms with van der Waals surface area (Å²) in [6, 6.07) is 10.1. The molecule has 1 saturated heterocycles. The summed E-state index contributed by atoms with van der Waals surface area (Å²) in [6.07, 6.45) is 4.38. The lowest BCUT2D eigenvalue weighted by atomic mass is 9.95. The van der Waals surface area contributed by atoms with Crippen molar-refractivity contribution in [2.75, 3.05) is 13.1 Å². The van der Waals surface area contributed by atoms with Gasteiger partial charge in [-0.2, -0.15) is 0 Å². The standard InChI is InChI=1S/C13H16N4/c1-2-4-12(5-3-1)17-10-13(15-16-17)11-6-8-14-9-7-11/h1-5,10-11,14H,6-9H2. The van der Waals surface area contributed by atoms with Crippen molar-refractivity contribution in [3.05, 3.63) is 42.2 Å². The number of nitrogens with one attached hydrogen (secondary N) is 1. The van der Waals surface area contributed by atoms with Crippen LogP contribution in [0.15, 0.2) is 36.5 Å². The molecule has 2 heterocycles. The highest BCUT2D eigenvalue weighted by Crippen LogP contribution is 2.23. The number of piperidine rings is 1. The van der Waals surface area contributed by atoms with Gasteiger partial charge in [0.25, 0.3) is 0 Å². The van der Waals surface area contributed by atoms with Crippen LogP contribution < -0.4 is 5.32 Å². The number of nitrogens with zero attached hydrogens (tertiary/aromatic N) is 3. The third-order valence-corrected chi connectivity index (χ3v) is 3.29. The van der Waals surface area contributed by atoms with Crippen molar-refractivity contribution in [3.63, 3.8) is 0 Å². The van der Waals surface area contributed by atoms with E-state index >= 15 is 0 Å². The Hall–Kier alpha value is -1.68.